The molecule has 0 fully saturated rings. The number of nitrogens with one attached hydrogen (secondary N) is 2. The normalized spacial score (nSPS) is 12.1. The van der Waals surface area contributed by atoms with E-state index >= 15 is 0 Å². The van der Waals surface area contributed by atoms with Crippen LogP contribution in [0.5, 0.6) is 5.75 Å². The highest BCUT2D eigenvalue weighted by atomic mass is 35.5. The van der Waals surface area contributed by atoms with Gasteiger partial charge in [-0.3, -0.25) is 0 Å². The van der Waals surface area contributed by atoms with Gasteiger partial charge in [-0.2, -0.15) is 0 Å². The van der Waals surface area contributed by atoms with Gasteiger partial charge in [-0.1, -0.05) is 23.7 Å². The van der Waals surface area contributed by atoms with Crippen molar-refractivity contribution in [2.45, 2.75) is 12.4 Å². The second kappa shape index (κ2) is 10.9. The van der Waals surface area contributed by atoms with Crippen LogP contribution in [-0.4, -0.2) is 38.0 Å². The molecular weight excluding hydrogens is 515 g/mol. The van der Waals surface area contributed by atoms with Crippen LogP contribution in [0.3, 0.4) is 0 Å². The minimum Gasteiger partial charge on any atom is -0.406 e. The predicted octanol–water partition coefficient (Wildman–Crippen LogP) is 5.51. The number of halogens is 4. The van der Waals surface area contributed by atoms with Crippen molar-refractivity contribution in [3.05, 3.63) is 89.7 Å². The van der Waals surface area contributed by atoms with E-state index in [2.05, 4.69) is 25.5 Å². The van der Waals surface area contributed by atoms with Crippen LogP contribution in [0.2, 0.25) is 5.02 Å². The van der Waals surface area contributed by atoms with E-state index in [1.807, 2.05) is 12.1 Å². The van der Waals surface area contributed by atoms with Crippen molar-refractivity contribution in [3.63, 3.8) is 0 Å². The average molecular weight is 534 g/mol. The molecule has 0 spiro atoms. The van der Waals surface area contributed by atoms with Crippen LogP contribution in [0.1, 0.15) is 11.6 Å². The molecule has 3 N–H and O–H groups in total. The van der Waals surface area contributed by atoms with Gasteiger partial charge in [-0.15, -0.1) is 18.3 Å². The lowest BCUT2D eigenvalue weighted by molar-refractivity contribution is -0.274. The van der Waals surface area contributed by atoms with Crippen LogP contribution >= 0.6 is 23.8 Å². The number of hydrogen-bond acceptors (Lipinski definition) is 5. The summed E-state index contributed by atoms with van der Waals surface area (Å²) in [6.45, 7) is -0.158. The average Bonchev–Trinajstić information content (AvgIpc) is 3.33. The molecule has 0 saturated carbocycles. The maximum absolute atomic E-state index is 12.3. The van der Waals surface area contributed by atoms with Crippen LogP contribution in [0.15, 0.2) is 79.1 Å². The quantitative estimate of drug-likeness (QED) is 0.270. The second-order valence-electron chi connectivity index (χ2n) is 7.52. The molecule has 1 heterocycles. The third-order valence-corrected chi connectivity index (χ3v) is 5.46. The van der Waals surface area contributed by atoms with Crippen molar-refractivity contribution in [2.24, 2.45) is 0 Å². The molecule has 4 aromatic rings. The van der Waals surface area contributed by atoms with E-state index in [1.165, 1.54) is 35.3 Å². The third kappa shape index (κ3) is 6.72. The first-order valence-corrected chi connectivity index (χ1v) is 11.3. The molecule has 12 heteroatoms. The fraction of sp³-hybridized carbons (Fsp3) is 0.125. The first-order chi connectivity index (χ1) is 17.2. The zero-order valence-electron chi connectivity index (χ0n) is 18.4. The molecule has 36 heavy (non-hydrogen) atoms. The molecule has 0 bridgehead atoms. The largest absolute Gasteiger partial charge is 0.573 e. The number of anilines is 1. The fourth-order valence-electron chi connectivity index (χ4n) is 3.28. The summed E-state index contributed by atoms with van der Waals surface area (Å²) < 4.78 is 42.3. The molecule has 0 saturated heterocycles. The summed E-state index contributed by atoms with van der Waals surface area (Å²) in [5, 5.41) is 21.2. The van der Waals surface area contributed by atoms with E-state index in [0.717, 1.165) is 11.1 Å². The van der Waals surface area contributed by atoms with Crippen LogP contribution in [0, 0.1) is 0 Å². The topological polar surface area (TPSA) is 84.2 Å². The Morgan fingerprint density at radius 2 is 1.69 bits per heavy atom. The van der Waals surface area contributed by atoms with E-state index in [0.29, 0.717) is 27.3 Å². The van der Waals surface area contributed by atoms with Crippen LogP contribution in [-0.2, 0) is 0 Å². The monoisotopic (exact) mass is 533 g/mol. The number of alkyl halides is 3. The lowest BCUT2D eigenvalue weighted by atomic mass is 10.1. The number of nitrogens with zero attached hydrogens (tertiary/aromatic N) is 3. The molecule has 0 aliphatic heterocycles. The summed E-state index contributed by atoms with van der Waals surface area (Å²) in [7, 11) is 0. The van der Waals surface area contributed by atoms with Crippen molar-refractivity contribution in [1.82, 2.24) is 20.1 Å². The maximum atomic E-state index is 12.3. The Kier molecular flexibility index (Phi) is 7.73. The van der Waals surface area contributed by atoms with E-state index < -0.39 is 12.4 Å². The number of thiocarbonyl (C=S) groups is 1. The molecule has 0 radical (unpaired) electrons. The van der Waals surface area contributed by atoms with Gasteiger partial charge in [-0.25, -0.2) is 9.67 Å². The Labute approximate surface area is 214 Å². The SMILES string of the molecule is OCC(NC(=S)Nc1ccc(-c2ncn(-c3ccc(OC(F)(F)F)cc3)n2)cc1)c1ccc(Cl)cc1. The molecule has 0 aliphatic carbocycles. The van der Waals surface area contributed by atoms with Crippen LogP contribution in [0.4, 0.5) is 18.9 Å². The molecule has 3 aromatic carbocycles. The van der Waals surface area contributed by atoms with Crippen molar-refractivity contribution in [2.75, 3.05) is 11.9 Å². The second-order valence-corrected chi connectivity index (χ2v) is 8.36. The van der Waals surface area contributed by atoms with E-state index in [-0.39, 0.29) is 12.4 Å². The van der Waals surface area contributed by atoms with Gasteiger partial charge in [0.2, 0.25) is 0 Å². The Morgan fingerprint density at radius 3 is 2.31 bits per heavy atom. The highest BCUT2D eigenvalue weighted by Gasteiger charge is 2.31. The fourth-order valence-corrected chi connectivity index (χ4v) is 3.66. The summed E-state index contributed by atoms with van der Waals surface area (Å²) in [6, 6.07) is 19.2. The molecular formula is C24H19ClF3N5O2S. The first-order valence-electron chi connectivity index (χ1n) is 10.5. The number of benzene rings is 3. The van der Waals surface area contributed by atoms with Crippen molar-refractivity contribution >= 4 is 34.6 Å². The number of aliphatic hydroxyl groups excluding tert-OH is 1. The zero-order valence-corrected chi connectivity index (χ0v) is 20.0. The van der Waals surface area contributed by atoms with Gasteiger partial charge < -0.3 is 20.5 Å². The summed E-state index contributed by atoms with van der Waals surface area (Å²) in [5.41, 5.74) is 2.80. The smallest absolute Gasteiger partial charge is 0.406 e. The number of ether oxygens (including phenoxy) is 1. The van der Waals surface area contributed by atoms with E-state index in [9.17, 15) is 18.3 Å². The molecule has 1 unspecified atom stereocenters. The molecule has 4 rings (SSSR count). The minimum absolute atomic E-state index is 0.158. The molecule has 1 aromatic heterocycles. The van der Waals surface area contributed by atoms with Gasteiger partial charge in [0.1, 0.15) is 12.1 Å². The van der Waals surface area contributed by atoms with Gasteiger partial charge in [0.15, 0.2) is 10.9 Å². The van der Waals surface area contributed by atoms with Gasteiger partial charge in [0.05, 0.1) is 18.3 Å². The highest BCUT2D eigenvalue weighted by molar-refractivity contribution is 7.80. The van der Waals surface area contributed by atoms with Crippen molar-refractivity contribution in [3.8, 4) is 22.8 Å². The molecule has 1 atom stereocenters. The molecule has 0 aliphatic rings. The number of aliphatic hydroxyl groups is 1. The Hall–Kier alpha value is -3.67. The van der Waals surface area contributed by atoms with Gasteiger partial charge >= 0.3 is 6.36 Å². The third-order valence-electron chi connectivity index (χ3n) is 4.99. The Bertz CT molecular complexity index is 1310. The summed E-state index contributed by atoms with van der Waals surface area (Å²) in [6.07, 6.45) is -3.29. The lowest BCUT2D eigenvalue weighted by Crippen LogP contribution is -2.34. The summed E-state index contributed by atoms with van der Waals surface area (Å²) >= 11 is 11.3. The van der Waals surface area contributed by atoms with Gasteiger partial charge in [-0.05, 0) is 78.4 Å². The zero-order chi connectivity index (χ0) is 25.7. The molecule has 0 amide bonds. The maximum Gasteiger partial charge on any atom is 0.573 e. The van der Waals surface area contributed by atoms with Gasteiger partial charge in [0.25, 0.3) is 0 Å². The summed E-state index contributed by atoms with van der Waals surface area (Å²) in [4.78, 5) is 4.27. The lowest BCUT2D eigenvalue weighted by Gasteiger charge is -2.19. The van der Waals surface area contributed by atoms with Crippen molar-refractivity contribution < 1.29 is 23.0 Å². The Morgan fingerprint density at radius 1 is 1.03 bits per heavy atom. The molecule has 7 nitrogen and oxygen atoms in total. The van der Waals surface area contributed by atoms with Crippen LogP contribution in [0.25, 0.3) is 17.1 Å². The van der Waals surface area contributed by atoms with E-state index in [4.69, 9.17) is 23.8 Å². The predicted molar refractivity (Wildman–Crippen MR) is 134 cm³/mol. The van der Waals surface area contributed by atoms with E-state index in [1.54, 1.807) is 36.4 Å². The summed E-state index contributed by atoms with van der Waals surface area (Å²) in [5.74, 6) is 0.113. The van der Waals surface area contributed by atoms with Crippen LogP contribution < -0.4 is 15.4 Å². The highest BCUT2D eigenvalue weighted by Crippen LogP contribution is 2.24. The first kappa shape index (κ1) is 25.4. The van der Waals surface area contributed by atoms with Crippen molar-refractivity contribution in [1.29, 1.82) is 0 Å². The number of hydrogen-bond donors (Lipinski definition) is 3. The minimum atomic E-state index is -4.75. The number of aromatic nitrogens is 3. The Balaban J connectivity index is 1.38. The van der Waals surface area contributed by atoms with Gasteiger partial charge in [0, 0.05) is 16.3 Å². The number of rotatable bonds is 7. The molecule has 186 valence electrons. The standard InChI is InChI=1S/C24H19ClF3N5O2S/c25-17-5-1-15(2-6-17)21(13-34)31-23(36)30-18-7-3-16(4-8-18)22-29-14-33(32-22)19-9-11-20(12-10-19)35-24(26,27)28/h1-12,14,21,34H,13H2,(H2,30,31,36).